The molecule has 0 radical (unpaired) electrons. The van der Waals surface area contributed by atoms with Crippen molar-refractivity contribution in [3.8, 4) is 27.9 Å². The third kappa shape index (κ3) is 4.80. The van der Waals surface area contributed by atoms with Crippen molar-refractivity contribution in [3.63, 3.8) is 0 Å². The van der Waals surface area contributed by atoms with Crippen LogP contribution in [-0.4, -0.2) is 32.4 Å². The van der Waals surface area contributed by atoms with Gasteiger partial charge in [0.25, 0.3) is 5.97 Å². The number of nitriles is 1. The van der Waals surface area contributed by atoms with Crippen LogP contribution in [0.25, 0.3) is 21.8 Å². The smallest absolute Gasteiger partial charge is 0.300 e. The van der Waals surface area contributed by atoms with Crippen molar-refractivity contribution in [2.45, 2.75) is 33.4 Å². The normalized spacial score (nSPS) is 12.9. The van der Waals surface area contributed by atoms with E-state index in [1.54, 1.807) is 11.3 Å². The molecule has 0 aromatic carbocycles. The summed E-state index contributed by atoms with van der Waals surface area (Å²) in [5.74, 6) is -0.581. The largest absolute Gasteiger partial charge is 0.481 e. The first-order valence-corrected chi connectivity index (χ1v) is 9.95. The lowest BCUT2D eigenvalue weighted by molar-refractivity contribution is -0.134. The van der Waals surface area contributed by atoms with Crippen molar-refractivity contribution < 1.29 is 9.90 Å². The zero-order chi connectivity index (χ0) is 21.0. The topological polar surface area (TPSA) is 130 Å². The van der Waals surface area contributed by atoms with Gasteiger partial charge in [0.1, 0.15) is 17.5 Å². The Morgan fingerprint density at radius 3 is 2.79 bits per heavy atom. The van der Waals surface area contributed by atoms with E-state index in [9.17, 15) is 5.26 Å². The summed E-state index contributed by atoms with van der Waals surface area (Å²) in [5.41, 5.74) is 9.90. The van der Waals surface area contributed by atoms with Crippen molar-refractivity contribution in [1.82, 2.24) is 20.1 Å². The molecule has 1 aliphatic rings. The van der Waals surface area contributed by atoms with Gasteiger partial charge in [-0.25, -0.2) is 4.98 Å². The maximum Gasteiger partial charge on any atom is 0.300 e. The van der Waals surface area contributed by atoms with Crippen LogP contribution in [-0.2, 0) is 17.9 Å². The maximum atomic E-state index is 9.56. The number of hydrogen-bond acceptors (Lipinski definition) is 7. The second-order valence-electron chi connectivity index (χ2n) is 6.63. The fourth-order valence-corrected chi connectivity index (χ4v) is 3.90. The first-order valence-electron chi connectivity index (χ1n) is 9.13. The number of anilines is 1. The molecule has 0 atom stereocenters. The number of rotatable bonds is 2. The van der Waals surface area contributed by atoms with Crippen molar-refractivity contribution >= 4 is 23.1 Å². The third-order valence-corrected chi connectivity index (χ3v) is 5.34. The fraction of sp³-hybridized carbons (Fsp3) is 0.300. The van der Waals surface area contributed by atoms with Gasteiger partial charge >= 0.3 is 0 Å². The van der Waals surface area contributed by atoms with Crippen LogP contribution in [0.4, 0.5) is 5.82 Å². The maximum absolute atomic E-state index is 9.56. The molecule has 4 rings (SSSR count). The number of carbonyl (C=O) groups is 1. The van der Waals surface area contributed by atoms with Gasteiger partial charge in [-0.1, -0.05) is 0 Å². The third-order valence-electron chi connectivity index (χ3n) is 4.32. The van der Waals surface area contributed by atoms with Gasteiger partial charge in [-0.3, -0.25) is 9.48 Å². The van der Waals surface area contributed by atoms with E-state index < -0.39 is 5.97 Å². The SMILES string of the molecule is CC(=O)O.Cc1ccc(-c2cc(-c3cc4n(n3)CCCNC4)c(C#N)c(N)n2)s1. The van der Waals surface area contributed by atoms with Gasteiger partial charge in [-0.2, -0.15) is 10.4 Å². The Morgan fingerprint density at radius 2 is 2.14 bits per heavy atom. The van der Waals surface area contributed by atoms with Crippen molar-refractivity contribution in [2.24, 2.45) is 0 Å². The Kier molecular flexibility index (Phi) is 6.26. The van der Waals surface area contributed by atoms with E-state index in [1.807, 2.05) is 22.9 Å². The van der Waals surface area contributed by atoms with Gasteiger partial charge in [-0.05, 0) is 44.2 Å². The molecule has 0 unspecified atom stereocenters. The number of nitrogen functional groups attached to an aromatic ring is 1. The number of thiophene rings is 1. The quantitative estimate of drug-likeness (QED) is 0.592. The highest BCUT2D eigenvalue weighted by Gasteiger charge is 2.18. The number of aryl methyl sites for hydroxylation is 2. The van der Waals surface area contributed by atoms with E-state index in [2.05, 4.69) is 29.4 Å². The zero-order valence-corrected chi connectivity index (χ0v) is 17.1. The number of fused-ring (bicyclic) bond motifs is 1. The summed E-state index contributed by atoms with van der Waals surface area (Å²) in [6, 6.07) is 10.2. The Hall–Kier alpha value is -3.22. The Balaban J connectivity index is 0.000000552. The number of hydrogen-bond donors (Lipinski definition) is 3. The van der Waals surface area contributed by atoms with E-state index in [-0.39, 0.29) is 5.82 Å². The van der Waals surface area contributed by atoms with Crippen LogP contribution < -0.4 is 11.1 Å². The summed E-state index contributed by atoms with van der Waals surface area (Å²) in [7, 11) is 0. The molecular weight excluding hydrogens is 388 g/mol. The van der Waals surface area contributed by atoms with Crippen LogP contribution in [0, 0.1) is 18.3 Å². The number of nitrogens with one attached hydrogen (secondary N) is 1. The molecular formula is C20H22N6O2S. The molecule has 0 amide bonds. The van der Waals surface area contributed by atoms with E-state index in [0.29, 0.717) is 5.56 Å². The van der Waals surface area contributed by atoms with Gasteiger partial charge in [0.05, 0.1) is 22.0 Å². The van der Waals surface area contributed by atoms with Gasteiger partial charge in [-0.15, -0.1) is 11.3 Å². The summed E-state index contributed by atoms with van der Waals surface area (Å²) >= 11 is 1.66. The van der Waals surface area contributed by atoms with E-state index in [1.165, 1.54) is 4.88 Å². The Bertz CT molecular complexity index is 1050. The predicted molar refractivity (Wildman–Crippen MR) is 112 cm³/mol. The highest BCUT2D eigenvalue weighted by Crippen LogP contribution is 2.33. The number of carboxylic acids is 1. The monoisotopic (exact) mass is 410 g/mol. The number of aromatic nitrogens is 3. The minimum Gasteiger partial charge on any atom is -0.481 e. The molecule has 4 heterocycles. The molecule has 4 N–H and O–H groups in total. The second kappa shape index (κ2) is 8.86. The number of nitrogens with zero attached hydrogens (tertiary/aromatic N) is 4. The standard InChI is InChI=1S/C18H18N6S.C2H4O2/c1-11-3-4-17(25-11)16-8-13(14(9-19)18(20)22-16)15-7-12-10-21-5-2-6-24(12)23-15;1-2(3)4/h3-4,7-8,21H,2,5-6,10H2,1H3,(H2,20,22);1H3,(H,3,4). The van der Waals surface area contributed by atoms with Crippen molar-refractivity contribution in [2.75, 3.05) is 12.3 Å². The van der Waals surface area contributed by atoms with Gasteiger partial charge in [0.2, 0.25) is 0 Å². The summed E-state index contributed by atoms with van der Waals surface area (Å²) in [5, 5.41) is 25.1. The lowest BCUT2D eigenvalue weighted by Crippen LogP contribution is -2.11. The number of nitrogens with two attached hydrogens (primary N) is 1. The highest BCUT2D eigenvalue weighted by atomic mass is 32.1. The lowest BCUT2D eigenvalue weighted by Gasteiger charge is -2.07. The molecule has 29 heavy (non-hydrogen) atoms. The number of aliphatic carboxylic acids is 1. The van der Waals surface area contributed by atoms with E-state index in [4.69, 9.17) is 20.7 Å². The van der Waals surface area contributed by atoms with Gasteiger partial charge in [0, 0.05) is 30.5 Å². The van der Waals surface area contributed by atoms with E-state index >= 15 is 0 Å². The first-order chi connectivity index (χ1) is 13.9. The number of pyridine rings is 1. The molecule has 8 nitrogen and oxygen atoms in total. The van der Waals surface area contributed by atoms with Crippen molar-refractivity contribution in [3.05, 3.63) is 40.4 Å². The predicted octanol–water partition coefficient (Wildman–Crippen LogP) is 3.02. The fourth-order valence-electron chi connectivity index (χ4n) is 3.08. The lowest BCUT2D eigenvalue weighted by atomic mass is 10.0. The summed E-state index contributed by atoms with van der Waals surface area (Å²) in [6.07, 6.45) is 1.04. The highest BCUT2D eigenvalue weighted by molar-refractivity contribution is 7.15. The minimum atomic E-state index is -0.833. The Labute approximate surface area is 172 Å². The first kappa shape index (κ1) is 20.5. The van der Waals surface area contributed by atoms with E-state index in [0.717, 1.165) is 60.5 Å². The van der Waals surface area contributed by atoms with Crippen LogP contribution in [0.1, 0.15) is 29.5 Å². The molecule has 0 bridgehead atoms. The molecule has 0 saturated heterocycles. The molecule has 0 spiro atoms. The summed E-state index contributed by atoms with van der Waals surface area (Å²) in [6.45, 7) is 5.79. The van der Waals surface area contributed by atoms with Gasteiger partial charge < -0.3 is 16.2 Å². The van der Waals surface area contributed by atoms with Crippen LogP contribution in [0.3, 0.4) is 0 Å². The average molecular weight is 411 g/mol. The summed E-state index contributed by atoms with van der Waals surface area (Å²) in [4.78, 5) is 15.7. The van der Waals surface area contributed by atoms with Gasteiger partial charge in [0.15, 0.2) is 0 Å². The average Bonchev–Trinajstić information content (AvgIpc) is 3.21. The molecule has 1 aliphatic heterocycles. The molecule has 3 aromatic heterocycles. The van der Waals surface area contributed by atoms with Crippen LogP contribution >= 0.6 is 11.3 Å². The van der Waals surface area contributed by atoms with Crippen molar-refractivity contribution in [1.29, 1.82) is 5.26 Å². The van der Waals surface area contributed by atoms with Crippen LogP contribution in [0.15, 0.2) is 24.3 Å². The van der Waals surface area contributed by atoms with Crippen LogP contribution in [0.2, 0.25) is 0 Å². The molecule has 0 fully saturated rings. The Morgan fingerprint density at radius 1 is 1.38 bits per heavy atom. The zero-order valence-electron chi connectivity index (χ0n) is 16.3. The molecule has 150 valence electrons. The second-order valence-corrected chi connectivity index (χ2v) is 7.92. The molecule has 0 aliphatic carbocycles. The van der Waals surface area contributed by atoms with Crippen LogP contribution in [0.5, 0.6) is 0 Å². The minimum absolute atomic E-state index is 0.252. The molecule has 3 aromatic rings. The number of carboxylic acid groups (broad SMARTS) is 1. The molecule has 9 heteroatoms. The molecule has 0 saturated carbocycles. The summed E-state index contributed by atoms with van der Waals surface area (Å²) < 4.78 is 2.02.